The van der Waals surface area contributed by atoms with Crippen molar-refractivity contribution in [1.29, 1.82) is 0 Å². The third-order valence-corrected chi connectivity index (χ3v) is 6.16. The highest BCUT2D eigenvalue weighted by Crippen LogP contribution is 2.09. The summed E-state index contributed by atoms with van der Waals surface area (Å²) >= 11 is 0. The number of carboxylic acid groups (broad SMARTS) is 1. The minimum atomic E-state index is -1.25. The van der Waals surface area contributed by atoms with Crippen LogP contribution in [0.5, 0.6) is 0 Å². The molecule has 0 spiro atoms. The second-order valence-electron chi connectivity index (χ2n) is 9.31. The number of nitrogens with one attached hydrogen (secondary N) is 4. The minimum Gasteiger partial charge on any atom is -0.480 e. The van der Waals surface area contributed by atoms with Gasteiger partial charge >= 0.3 is 5.97 Å². The van der Waals surface area contributed by atoms with Gasteiger partial charge < -0.3 is 43.6 Å². The fraction of sp³-hybridized carbons (Fsp3) is 0.520. The Morgan fingerprint density at radius 2 is 1.59 bits per heavy atom. The number of benzene rings is 1. The van der Waals surface area contributed by atoms with Crippen molar-refractivity contribution >= 4 is 35.6 Å². The van der Waals surface area contributed by atoms with E-state index in [0.717, 1.165) is 6.42 Å². The first kappa shape index (κ1) is 31.0. The van der Waals surface area contributed by atoms with Crippen LogP contribution in [-0.4, -0.2) is 77.9 Å². The van der Waals surface area contributed by atoms with Crippen molar-refractivity contribution in [1.82, 2.24) is 21.3 Å². The molecule has 1 aliphatic rings. The van der Waals surface area contributed by atoms with E-state index in [-0.39, 0.29) is 44.6 Å². The van der Waals surface area contributed by atoms with Crippen molar-refractivity contribution in [2.75, 3.05) is 13.1 Å². The van der Waals surface area contributed by atoms with Gasteiger partial charge in [0.15, 0.2) is 5.96 Å². The van der Waals surface area contributed by atoms with Gasteiger partial charge in [0, 0.05) is 19.4 Å². The maximum absolute atomic E-state index is 13.2. The van der Waals surface area contributed by atoms with Crippen molar-refractivity contribution in [2.24, 2.45) is 22.2 Å². The lowest BCUT2D eigenvalue weighted by Gasteiger charge is -2.25. The molecule has 2 rings (SSSR count). The molecule has 1 fully saturated rings. The molecule has 0 radical (unpaired) electrons. The van der Waals surface area contributed by atoms with Gasteiger partial charge in [-0.15, -0.1) is 0 Å². The van der Waals surface area contributed by atoms with Crippen molar-refractivity contribution in [3.63, 3.8) is 0 Å². The number of nitrogens with zero attached hydrogens (tertiary/aromatic N) is 1. The van der Waals surface area contributed by atoms with Crippen molar-refractivity contribution in [3.05, 3.63) is 35.9 Å². The lowest BCUT2D eigenvalue weighted by molar-refractivity contribution is -0.142. The van der Waals surface area contributed by atoms with Crippen molar-refractivity contribution in [2.45, 2.75) is 69.1 Å². The second-order valence-corrected chi connectivity index (χ2v) is 9.31. The molecule has 39 heavy (non-hydrogen) atoms. The summed E-state index contributed by atoms with van der Waals surface area (Å²) in [5, 5.41) is 20.4. The Balaban J connectivity index is 2.16. The molecule has 1 heterocycles. The molecule has 1 saturated heterocycles. The summed E-state index contributed by atoms with van der Waals surface area (Å²) in [5.74, 6) is -3.87. The number of primary amides is 1. The van der Waals surface area contributed by atoms with E-state index in [0.29, 0.717) is 18.5 Å². The molecular formula is C25H38N8O6. The normalized spacial score (nSPS) is 16.8. The molecule has 0 aromatic heterocycles. The van der Waals surface area contributed by atoms with Gasteiger partial charge in [-0.3, -0.25) is 24.2 Å². The van der Waals surface area contributed by atoms with Crippen LogP contribution in [0.3, 0.4) is 0 Å². The summed E-state index contributed by atoms with van der Waals surface area (Å²) in [6.07, 6.45) is 1.56. The molecule has 14 nitrogen and oxygen atoms in total. The molecule has 1 aromatic carbocycles. The number of carbonyl (C=O) groups is 5. The largest absolute Gasteiger partial charge is 0.480 e. The first-order chi connectivity index (χ1) is 18.6. The molecule has 4 amide bonds. The van der Waals surface area contributed by atoms with E-state index in [1.54, 1.807) is 30.3 Å². The smallest absolute Gasteiger partial charge is 0.326 e. The summed E-state index contributed by atoms with van der Waals surface area (Å²) in [4.78, 5) is 66.2. The predicted octanol–water partition coefficient (Wildman–Crippen LogP) is -2.16. The van der Waals surface area contributed by atoms with Gasteiger partial charge in [-0.05, 0) is 44.2 Å². The Labute approximate surface area is 226 Å². The van der Waals surface area contributed by atoms with Crippen LogP contribution in [0.25, 0.3) is 0 Å². The number of aliphatic carboxylic acids is 1. The molecule has 4 atom stereocenters. The number of rotatable bonds is 16. The van der Waals surface area contributed by atoms with E-state index in [1.807, 2.05) is 0 Å². The van der Waals surface area contributed by atoms with E-state index in [9.17, 15) is 29.1 Å². The number of carboxylic acids is 1. The van der Waals surface area contributed by atoms with Gasteiger partial charge in [-0.25, -0.2) is 4.79 Å². The van der Waals surface area contributed by atoms with Crippen LogP contribution in [0.1, 0.15) is 44.1 Å². The molecule has 0 bridgehead atoms. The monoisotopic (exact) mass is 546 g/mol. The van der Waals surface area contributed by atoms with Crippen LogP contribution in [0.2, 0.25) is 0 Å². The number of carbonyl (C=O) groups excluding carboxylic acids is 4. The Hall–Kier alpha value is -4.20. The minimum absolute atomic E-state index is 0.0300. The highest BCUT2D eigenvalue weighted by molar-refractivity contribution is 5.94. The van der Waals surface area contributed by atoms with E-state index in [2.05, 4.69) is 26.3 Å². The summed E-state index contributed by atoms with van der Waals surface area (Å²) in [6.45, 7) is 0.839. The van der Waals surface area contributed by atoms with E-state index >= 15 is 0 Å². The van der Waals surface area contributed by atoms with E-state index in [1.165, 1.54) is 0 Å². The Bertz CT molecular complexity index is 1020. The molecule has 0 saturated carbocycles. The summed E-state index contributed by atoms with van der Waals surface area (Å²) in [7, 11) is 0. The van der Waals surface area contributed by atoms with Gasteiger partial charge in [0.25, 0.3) is 0 Å². The van der Waals surface area contributed by atoms with Gasteiger partial charge in [0.1, 0.15) is 18.1 Å². The molecule has 11 N–H and O–H groups in total. The maximum atomic E-state index is 13.2. The van der Waals surface area contributed by atoms with E-state index < -0.39 is 53.8 Å². The SMILES string of the molecule is NC(=O)CC[C@H](NC(=O)[C@@H]1CCCN1)C(=O)N[C@@H](CCCN=C(N)N)C(=O)N[C@@H](Cc1ccccc1)C(=O)O. The van der Waals surface area contributed by atoms with Crippen LogP contribution in [0.4, 0.5) is 0 Å². The van der Waals surface area contributed by atoms with Crippen molar-refractivity contribution < 1.29 is 29.1 Å². The molecular weight excluding hydrogens is 508 g/mol. The van der Waals surface area contributed by atoms with Gasteiger partial charge in [-0.1, -0.05) is 30.3 Å². The number of aliphatic imine (C=N–C) groups is 1. The molecule has 1 aromatic rings. The molecule has 214 valence electrons. The standard InChI is InChI=1S/C25H38N8O6/c26-20(34)11-10-18(32-21(35)16-8-4-12-29-16)23(37)31-17(9-5-13-30-25(27)28)22(36)33-19(24(38)39)14-15-6-2-1-3-7-15/h1-3,6-7,16-19,29H,4-5,8-14H2,(H2,26,34)(H,31,37)(H,32,35)(H,33,36)(H,38,39)(H4,27,28,30)/t16-,17-,18-,19-/m0/s1. The zero-order chi connectivity index (χ0) is 28.8. The number of hydrogen-bond donors (Lipinski definition) is 8. The van der Waals surface area contributed by atoms with Gasteiger partial charge in [-0.2, -0.15) is 0 Å². The first-order valence-electron chi connectivity index (χ1n) is 12.8. The summed E-state index contributed by atoms with van der Waals surface area (Å²) in [5.41, 5.74) is 16.6. The molecule has 14 heteroatoms. The topological polar surface area (TPSA) is 244 Å². The lowest BCUT2D eigenvalue weighted by Crippen LogP contribution is -2.57. The van der Waals surface area contributed by atoms with Gasteiger partial charge in [0.05, 0.1) is 6.04 Å². The zero-order valence-electron chi connectivity index (χ0n) is 21.7. The Kier molecular flexibility index (Phi) is 12.7. The molecule has 1 aliphatic heterocycles. The summed E-state index contributed by atoms with van der Waals surface area (Å²) < 4.78 is 0. The Morgan fingerprint density at radius 3 is 2.15 bits per heavy atom. The van der Waals surface area contributed by atoms with E-state index in [4.69, 9.17) is 17.2 Å². The number of hydrogen-bond acceptors (Lipinski definition) is 7. The van der Waals surface area contributed by atoms with Crippen LogP contribution < -0.4 is 38.5 Å². The van der Waals surface area contributed by atoms with Crippen LogP contribution in [-0.2, 0) is 30.4 Å². The predicted molar refractivity (Wildman–Crippen MR) is 143 cm³/mol. The molecule has 0 aliphatic carbocycles. The highest BCUT2D eigenvalue weighted by atomic mass is 16.4. The second kappa shape index (κ2) is 15.9. The van der Waals surface area contributed by atoms with Crippen LogP contribution in [0.15, 0.2) is 35.3 Å². The van der Waals surface area contributed by atoms with Crippen LogP contribution in [0, 0.1) is 0 Å². The average molecular weight is 547 g/mol. The number of guanidine groups is 1. The third kappa shape index (κ3) is 11.4. The quantitative estimate of drug-likeness (QED) is 0.0638. The summed E-state index contributed by atoms with van der Waals surface area (Å²) in [6, 6.07) is 4.74. The third-order valence-electron chi connectivity index (χ3n) is 6.16. The van der Waals surface area contributed by atoms with Crippen molar-refractivity contribution in [3.8, 4) is 0 Å². The number of amides is 4. The Morgan fingerprint density at radius 1 is 0.949 bits per heavy atom. The highest BCUT2D eigenvalue weighted by Gasteiger charge is 2.31. The lowest BCUT2D eigenvalue weighted by atomic mass is 10.0. The molecule has 0 unspecified atom stereocenters. The van der Waals surface area contributed by atoms with Gasteiger partial charge in [0.2, 0.25) is 23.6 Å². The fourth-order valence-electron chi connectivity index (χ4n) is 4.10. The number of nitrogens with two attached hydrogens (primary N) is 3. The fourth-order valence-corrected chi connectivity index (χ4v) is 4.10. The first-order valence-corrected chi connectivity index (χ1v) is 12.8. The maximum Gasteiger partial charge on any atom is 0.326 e. The zero-order valence-corrected chi connectivity index (χ0v) is 21.7. The van der Waals surface area contributed by atoms with Crippen LogP contribution >= 0.6 is 0 Å². The average Bonchev–Trinajstić information content (AvgIpc) is 3.43.